The van der Waals surface area contributed by atoms with Crippen molar-refractivity contribution in [3.63, 3.8) is 0 Å². The van der Waals surface area contributed by atoms with Gasteiger partial charge < -0.3 is 20.1 Å². The molecular weight excluding hydrogens is 668 g/mol. The first-order valence-corrected chi connectivity index (χ1v) is 19.1. The van der Waals surface area contributed by atoms with Crippen molar-refractivity contribution in [1.29, 1.82) is 0 Å². The minimum Gasteiger partial charge on any atom is -0.444 e. The van der Waals surface area contributed by atoms with Gasteiger partial charge in [0.2, 0.25) is 11.8 Å². The molecule has 2 aliphatic carbocycles. The third-order valence-electron chi connectivity index (χ3n) is 10.8. The molecule has 4 atom stereocenters. The number of nitrogens with zero attached hydrogens (tertiary/aromatic N) is 2. The van der Waals surface area contributed by atoms with Gasteiger partial charge in [0, 0.05) is 24.5 Å². The molecule has 0 aromatic heterocycles. The van der Waals surface area contributed by atoms with Crippen LogP contribution < -0.4 is 10.6 Å². The highest BCUT2D eigenvalue weighted by atomic mass is 16.6. The van der Waals surface area contributed by atoms with Gasteiger partial charge >= 0.3 is 12.2 Å². The second kappa shape index (κ2) is 14.2. The zero-order valence-corrected chi connectivity index (χ0v) is 31.8. The largest absolute Gasteiger partial charge is 0.444 e. The van der Waals surface area contributed by atoms with E-state index in [0.29, 0.717) is 49.1 Å². The quantitative estimate of drug-likeness (QED) is 0.263. The SMILES string of the molecule is CC(C)(C)OC(=O)N1CCCC1C(=O)Nc1ccc(-c2ccc(-c3ccc(NC(=O)C4CCCN4C(=O)OC(C)(C)C)cc3)c3c2C2CCC3C2)cc1. The van der Waals surface area contributed by atoms with Crippen LogP contribution >= 0.6 is 0 Å². The Morgan fingerprint density at radius 1 is 0.566 bits per heavy atom. The second-order valence-corrected chi connectivity index (χ2v) is 17.0. The predicted octanol–water partition coefficient (Wildman–Crippen LogP) is 9.06. The molecule has 10 heteroatoms. The summed E-state index contributed by atoms with van der Waals surface area (Å²) in [5, 5.41) is 6.06. The Bertz CT molecular complexity index is 1760. The smallest absolute Gasteiger partial charge is 0.410 e. The van der Waals surface area contributed by atoms with E-state index in [1.165, 1.54) is 44.9 Å². The van der Waals surface area contributed by atoms with Crippen LogP contribution in [0.5, 0.6) is 0 Å². The van der Waals surface area contributed by atoms with Gasteiger partial charge in [-0.3, -0.25) is 19.4 Å². The Hall–Kier alpha value is -4.86. The summed E-state index contributed by atoms with van der Waals surface area (Å²) in [7, 11) is 0. The minimum atomic E-state index is -0.622. The number of amides is 4. The number of carbonyl (C=O) groups is 4. The summed E-state index contributed by atoms with van der Waals surface area (Å²) in [6, 6.07) is 19.4. The van der Waals surface area contributed by atoms with Crippen molar-refractivity contribution in [3.05, 3.63) is 71.8 Å². The predicted molar refractivity (Wildman–Crippen MR) is 206 cm³/mol. The molecule has 53 heavy (non-hydrogen) atoms. The molecule has 2 saturated heterocycles. The highest BCUT2D eigenvalue weighted by molar-refractivity contribution is 5.98. The maximum Gasteiger partial charge on any atom is 0.410 e. The summed E-state index contributed by atoms with van der Waals surface area (Å²) < 4.78 is 11.1. The molecule has 0 radical (unpaired) electrons. The normalized spacial score (nSPS) is 22.1. The third kappa shape index (κ3) is 7.78. The molecule has 2 aliphatic heterocycles. The lowest BCUT2D eigenvalue weighted by Crippen LogP contribution is -2.45. The van der Waals surface area contributed by atoms with Crippen molar-refractivity contribution >= 4 is 35.4 Å². The van der Waals surface area contributed by atoms with Crippen LogP contribution in [0.3, 0.4) is 0 Å². The fraction of sp³-hybridized carbons (Fsp3) is 0.488. The Balaban J connectivity index is 1.05. The van der Waals surface area contributed by atoms with E-state index in [4.69, 9.17) is 9.47 Å². The molecule has 7 rings (SSSR count). The number of benzene rings is 3. The zero-order valence-electron chi connectivity index (χ0n) is 31.8. The molecule has 3 fully saturated rings. The number of fused-ring (bicyclic) bond motifs is 5. The average Bonchev–Trinajstić information content (AvgIpc) is 3.92. The first kappa shape index (κ1) is 36.5. The van der Waals surface area contributed by atoms with Gasteiger partial charge in [0.1, 0.15) is 23.3 Å². The summed E-state index contributed by atoms with van der Waals surface area (Å²) in [5.41, 5.74) is 7.69. The summed E-state index contributed by atoms with van der Waals surface area (Å²) in [4.78, 5) is 55.1. The van der Waals surface area contributed by atoms with E-state index in [1.54, 1.807) is 0 Å². The molecule has 2 bridgehead atoms. The van der Waals surface area contributed by atoms with Crippen molar-refractivity contribution in [2.45, 2.75) is 122 Å². The number of nitrogens with one attached hydrogen (secondary N) is 2. The molecule has 10 nitrogen and oxygen atoms in total. The molecule has 4 aliphatic rings. The lowest BCUT2D eigenvalue weighted by Gasteiger charge is -2.28. The van der Waals surface area contributed by atoms with Crippen molar-refractivity contribution in [2.24, 2.45) is 0 Å². The molecule has 3 aromatic carbocycles. The van der Waals surface area contributed by atoms with Crippen LogP contribution in [0.4, 0.5) is 21.0 Å². The molecule has 2 N–H and O–H groups in total. The molecule has 1 saturated carbocycles. The van der Waals surface area contributed by atoms with Crippen molar-refractivity contribution in [1.82, 2.24) is 9.80 Å². The number of anilines is 2. The fourth-order valence-corrected chi connectivity index (χ4v) is 8.60. The van der Waals surface area contributed by atoms with E-state index in [1.807, 2.05) is 65.8 Å². The highest BCUT2D eigenvalue weighted by Crippen LogP contribution is 2.58. The minimum absolute atomic E-state index is 0.199. The van der Waals surface area contributed by atoms with E-state index >= 15 is 0 Å². The lowest BCUT2D eigenvalue weighted by atomic mass is 9.81. The van der Waals surface area contributed by atoms with Gasteiger partial charge in [0.05, 0.1) is 0 Å². The third-order valence-corrected chi connectivity index (χ3v) is 10.8. The van der Waals surface area contributed by atoms with Crippen molar-refractivity contribution < 1.29 is 28.7 Å². The number of ether oxygens (including phenoxy) is 2. The summed E-state index contributed by atoms with van der Waals surface area (Å²) in [6.45, 7) is 12.0. The van der Waals surface area contributed by atoms with Gasteiger partial charge in [-0.15, -0.1) is 0 Å². The molecular formula is C43H52N4O6. The maximum atomic E-state index is 13.3. The van der Waals surface area contributed by atoms with E-state index < -0.39 is 35.5 Å². The topological polar surface area (TPSA) is 117 Å². The Labute approximate surface area is 312 Å². The summed E-state index contributed by atoms with van der Waals surface area (Å²) in [6.07, 6.45) is 5.36. The zero-order chi connectivity index (χ0) is 37.7. The molecule has 0 spiro atoms. The fourth-order valence-electron chi connectivity index (χ4n) is 8.60. The van der Waals surface area contributed by atoms with Gasteiger partial charge in [-0.1, -0.05) is 36.4 Å². The highest BCUT2D eigenvalue weighted by Gasteiger charge is 2.41. The summed E-state index contributed by atoms with van der Waals surface area (Å²) >= 11 is 0. The van der Waals surface area contributed by atoms with Crippen LogP contribution in [0, 0.1) is 0 Å². The second-order valence-electron chi connectivity index (χ2n) is 17.0. The Kier molecular flexibility index (Phi) is 9.76. The monoisotopic (exact) mass is 720 g/mol. The molecule has 2 heterocycles. The van der Waals surface area contributed by atoms with Crippen LogP contribution in [0.2, 0.25) is 0 Å². The van der Waals surface area contributed by atoms with Gasteiger partial charge in [0.15, 0.2) is 0 Å². The Morgan fingerprint density at radius 2 is 0.943 bits per heavy atom. The molecule has 4 unspecified atom stereocenters. The average molecular weight is 721 g/mol. The van der Waals surface area contributed by atoms with Crippen LogP contribution in [0.1, 0.15) is 109 Å². The number of hydrogen-bond donors (Lipinski definition) is 2. The van der Waals surface area contributed by atoms with Gasteiger partial charge in [-0.05, 0) is 156 Å². The first-order valence-electron chi connectivity index (χ1n) is 19.1. The molecule has 3 aromatic rings. The van der Waals surface area contributed by atoms with E-state index in [9.17, 15) is 19.2 Å². The first-order chi connectivity index (χ1) is 25.1. The van der Waals surface area contributed by atoms with Crippen LogP contribution in [0.15, 0.2) is 60.7 Å². The number of rotatable bonds is 6. The van der Waals surface area contributed by atoms with Crippen LogP contribution in [-0.4, -0.2) is 70.2 Å². The van der Waals surface area contributed by atoms with Crippen molar-refractivity contribution in [2.75, 3.05) is 23.7 Å². The van der Waals surface area contributed by atoms with E-state index in [0.717, 1.165) is 30.4 Å². The Morgan fingerprint density at radius 3 is 1.30 bits per heavy atom. The molecule has 280 valence electrons. The standard InChI is InChI=1S/C43H52N4O6/c1-42(2,3)52-40(50)46-23-7-9-34(46)38(48)44-30-17-13-26(14-18-30)32-21-22-33(37-29-12-11-28(25-29)36(32)37)27-15-19-31(20-16-27)45-39(49)35-10-8-24-47(35)41(51)53-43(4,5)6/h13-22,28-29,34-35H,7-12,23-25H2,1-6H3,(H,44,48)(H,45,49). The van der Waals surface area contributed by atoms with Crippen LogP contribution in [0.25, 0.3) is 22.3 Å². The maximum absolute atomic E-state index is 13.3. The number of hydrogen-bond acceptors (Lipinski definition) is 6. The van der Waals surface area contributed by atoms with Gasteiger partial charge in [-0.25, -0.2) is 9.59 Å². The van der Waals surface area contributed by atoms with E-state index in [2.05, 4.69) is 47.0 Å². The van der Waals surface area contributed by atoms with Gasteiger partial charge in [-0.2, -0.15) is 0 Å². The number of carbonyl (C=O) groups excluding carboxylic acids is 4. The van der Waals surface area contributed by atoms with Crippen molar-refractivity contribution in [3.8, 4) is 22.3 Å². The lowest BCUT2D eigenvalue weighted by molar-refractivity contribution is -0.121. The summed E-state index contributed by atoms with van der Waals surface area (Å²) in [5.74, 6) is 0.637. The van der Waals surface area contributed by atoms with Gasteiger partial charge in [0.25, 0.3) is 0 Å². The van der Waals surface area contributed by atoms with Crippen LogP contribution in [-0.2, 0) is 19.1 Å². The number of likely N-dealkylation sites (tertiary alicyclic amines) is 2. The molecule has 4 amide bonds. The van der Waals surface area contributed by atoms with E-state index in [-0.39, 0.29) is 11.8 Å².